The minimum Gasteiger partial charge on any atom is -0.477 e. The van der Waals surface area contributed by atoms with Crippen LogP contribution >= 0.6 is 0 Å². The van der Waals surface area contributed by atoms with Crippen molar-refractivity contribution in [2.75, 3.05) is 0 Å². The Kier molecular flexibility index (Phi) is 2.61. The molecule has 0 atom stereocenters. The number of aromatic carboxylic acids is 1. The second-order valence-electron chi connectivity index (χ2n) is 3.65. The van der Waals surface area contributed by atoms with Gasteiger partial charge in [-0.1, -0.05) is 4.48 Å². The first-order chi connectivity index (χ1) is 8.36. The van der Waals surface area contributed by atoms with Gasteiger partial charge in [-0.15, -0.1) is 4.79 Å². The third-order valence-corrected chi connectivity index (χ3v) is 2.64. The predicted octanol–water partition coefficient (Wildman–Crippen LogP) is 2.02. The van der Waals surface area contributed by atoms with Crippen molar-refractivity contribution >= 4 is 16.9 Å². The number of benzene rings is 1. The summed E-state index contributed by atoms with van der Waals surface area (Å²) >= 11 is 0. The van der Waals surface area contributed by atoms with E-state index >= 15 is 0 Å². The molecule has 0 saturated carbocycles. The number of hydrogen-bond donors (Lipinski definition) is 1. The number of carboxylic acid groups (broad SMARTS) is 1. The smallest absolute Gasteiger partial charge is 0.344 e. The lowest BCUT2D eigenvalue weighted by atomic mass is 10.1. The van der Waals surface area contributed by atoms with Gasteiger partial charge < -0.3 is 5.11 Å². The normalized spacial score (nSPS) is 10.9. The molecule has 0 aliphatic rings. The Morgan fingerprint density at radius 3 is 2.50 bits per heavy atom. The minimum absolute atomic E-state index is 0.230. The predicted molar refractivity (Wildman–Crippen MR) is 56.3 cm³/mol. The van der Waals surface area contributed by atoms with Gasteiger partial charge in [0.1, 0.15) is 5.82 Å². The first-order valence-electron chi connectivity index (χ1n) is 4.79. The van der Waals surface area contributed by atoms with Gasteiger partial charge in [-0.05, 0) is 24.6 Å². The fourth-order valence-electron chi connectivity index (χ4n) is 1.73. The summed E-state index contributed by atoms with van der Waals surface area (Å²) in [5.74, 6) is -4.52. The summed E-state index contributed by atoms with van der Waals surface area (Å²) < 4.78 is 40.2. The molecule has 0 aliphatic heterocycles. The van der Waals surface area contributed by atoms with E-state index < -0.39 is 44.4 Å². The van der Waals surface area contributed by atoms with E-state index in [1.54, 1.807) is 0 Å². The highest BCUT2D eigenvalue weighted by Gasteiger charge is 2.24. The maximum Gasteiger partial charge on any atom is 0.344 e. The Balaban J connectivity index is 3.15. The largest absolute Gasteiger partial charge is 0.477 e. The zero-order valence-corrected chi connectivity index (χ0v) is 9.00. The molecule has 7 heteroatoms. The van der Waals surface area contributed by atoms with Crippen molar-refractivity contribution in [1.82, 2.24) is 4.79 Å². The number of rotatable bonds is 1. The molecule has 0 bridgehead atoms. The number of carboxylic acids is 1. The molecule has 4 nitrogen and oxygen atoms in total. The van der Waals surface area contributed by atoms with Crippen LogP contribution in [0.1, 0.15) is 15.9 Å². The van der Waals surface area contributed by atoms with Crippen LogP contribution in [0.2, 0.25) is 0 Å². The Hall–Kier alpha value is -2.31. The molecule has 1 N–H and O–H groups in total. The number of aryl methyl sites for hydroxylation is 1. The molecular weight excluding hydrogens is 251 g/mol. The van der Waals surface area contributed by atoms with Crippen LogP contribution in [0.3, 0.4) is 0 Å². The summed E-state index contributed by atoms with van der Waals surface area (Å²) in [6.07, 6.45) is 0. The third kappa shape index (κ3) is 1.47. The van der Waals surface area contributed by atoms with Crippen LogP contribution in [0.4, 0.5) is 13.3 Å². The molecule has 2 aromatic rings. The summed E-state index contributed by atoms with van der Waals surface area (Å²) in [5, 5.41) is 8.19. The summed E-state index contributed by atoms with van der Waals surface area (Å²) in [7, 11) is 0. The molecule has 0 spiro atoms. The average molecular weight is 257 g/mol. The standard InChI is InChI=1S/C11H6F3NO3/c1-4-5(12)2-3-6-7(4)9(16)8(11(17)18)10(13)15(6)14/h2-3H,1H3,(H,17,18). The van der Waals surface area contributed by atoms with Crippen LogP contribution < -0.4 is 5.43 Å². The van der Waals surface area contributed by atoms with Gasteiger partial charge in [-0.25, -0.2) is 9.18 Å². The van der Waals surface area contributed by atoms with Crippen molar-refractivity contribution in [2.24, 2.45) is 0 Å². The Bertz CT molecular complexity index is 737. The maximum absolute atomic E-state index is 13.5. The molecule has 0 radical (unpaired) electrons. The molecule has 0 aliphatic carbocycles. The highest BCUT2D eigenvalue weighted by Crippen LogP contribution is 2.21. The topological polar surface area (TPSA) is 59.3 Å². The molecule has 18 heavy (non-hydrogen) atoms. The van der Waals surface area contributed by atoms with Crippen LogP contribution in [0.25, 0.3) is 10.9 Å². The van der Waals surface area contributed by atoms with Crippen molar-refractivity contribution in [3.05, 3.63) is 45.2 Å². The van der Waals surface area contributed by atoms with Gasteiger partial charge in [0.2, 0.25) is 11.4 Å². The van der Waals surface area contributed by atoms with Gasteiger partial charge in [0.25, 0.3) is 0 Å². The van der Waals surface area contributed by atoms with E-state index in [1.807, 2.05) is 0 Å². The minimum atomic E-state index is -1.91. The molecule has 94 valence electrons. The van der Waals surface area contributed by atoms with Crippen molar-refractivity contribution in [3.8, 4) is 0 Å². The van der Waals surface area contributed by atoms with Crippen LogP contribution in [-0.2, 0) is 0 Å². The lowest BCUT2D eigenvalue weighted by Gasteiger charge is -2.08. The summed E-state index contributed by atoms with van der Waals surface area (Å²) in [4.78, 5) is 21.9. The van der Waals surface area contributed by atoms with Gasteiger partial charge in [0.15, 0.2) is 5.56 Å². The Labute approximate surface area is 97.8 Å². The van der Waals surface area contributed by atoms with Gasteiger partial charge in [-0.3, -0.25) is 4.79 Å². The molecule has 0 amide bonds. The monoisotopic (exact) mass is 257 g/mol. The summed E-state index contributed by atoms with van der Waals surface area (Å²) in [6.45, 7) is 1.18. The summed E-state index contributed by atoms with van der Waals surface area (Å²) in [5.41, 5.74) is -3.34. The molecule has 0 unspecified atom stereocenters. The van der Waals surface area contributed by atoms with E-state index in [0.717, 1.165) is 12.1 Å². The van der Waals surface area contributed by atoms with Gasteiger partial charge in [0.05, 0.1) is 10.9 Å². The molecule has 1 heterocycles. The number of aromatic nitrogens is 1. The highest BCUT2D eigenvalue weighted by atomic mass is 19.2. The number of fused-ring (bicyclic) bond motifs is 1. The Morgan fingerprint density at radius 2 is 1.94 bits per heavy atom. The highest BCUT2D eigenvalue weighted by molar-refractivity contribution is 5.93. The van der Waals surface area contributed by atoms with E-state index in [4.69, 9.17) is 5.11 Å². The lowest BCUT2D eigenvalue weighted by Crippen LogP contribution is -2.22. The SMILES string of the molecule is Cc1c(F)ccc2c1c(=O)c(C(=O)O)c(F)n2F. The van der Waals surface area contributed by atoms with E-state index in [0.29, 0.717) is 0 Å². The third-order valence-electron chi connectivity index (χ3n) is 2.64. The molecule has 0 fully saturated rings. The average Bonchev–Trinajstić information content (AvgIpc) is 2.29. The molecule has 1 aromatic heterocycles. The van der Waals surface area contributed by atoms with Crippen LogP contribution in [0.5, 0.6) is 0 Å². The fraction of sp³-hybridized carbons (Fsp3) is 0.0909. The van der Waals surface area contributed by atoms with Gasteiger partial charge in [0, 0.05) is 0 Å². The number of carbonyl (C=O) groups is 1. The van der Waals surface area contributed by atoms with Crippen molar-refractivity contribution in [2.45, 2.75) is 6.92 Å². The zero-order valence-electron chi connectivity index (χ0n) is 9.00. The van der Waals surface area contributed by atoms with Crippen molar-refractivity contribution in [3.63, 3.8) is 0 Å². The second kappa shape index (κ2) is 3.86. The molecule has 1 aromatic carbocycles. The quantitative estimate of drug-likeness (QED) is 0.795. The number of halogens is 3. The van der Waals surface area contributed by atoms with Crippen molar-refractivity contribution < 1.29 is 23.2 Å². The van der Waals surface area contributed by atoms with Crippen LogP contribution in [-0.4, -0.2) is 15.9 Å². The molecular formula is C11H6F3NO3. The van der Waals surface area contributed by atoms with Gasteiger partial charge in [-0.2, -0.15) is 4.39 Å². The molecule has 2 rings (SSSR count). The number of nitrogens with zero attached hydrogens (tertiary/aromatic N) is 1. The molecule has 0 saturated heterocycles. The lowest BCUT2D eigenvalue weighted by molar-refractivity contribution is 0.0685. The van der Waals surface area contributed by atoms with E-state index in [1.165, 1.54) is 6.92 Å². The van der Waals surface area contributed by atoms with Crippen LogP contribution in [0, 0.1) is 18.7 Å². The van der Waals surface area contributed by atoms with E-state index in [2.05, 4.69) is 0 Å². The van der Waals surface area contributed by atoms with Crippen molar-refractivity contribution in [1.29, 1.82) is 0 Å². The first kappa shape index (κ1) is 12.2. The van der Waals surface area contributed by atoms with E-state index in [-0.39, 0.29) is 5.56 Å². The number of pyridine rings is 1. The fourth-order valence-corrected chi connectivity index (χ4v) is 1.73. The maximum atomic E-state index is 13.5. The van der Waals surface area contributed by atoms with Crippen LogP contribution in [0.15, 0.2) is 16.9 Å². The number of hydrogen-bond acceptors (Lipinski definition) is 2. The first-order valence-corrected chi connectivity index (χ1v) is 4.79. The summed E-state index contributed by atoms with van der Waals surface area (Å²) in [6, 6.07) is 1.74. The van der Waals surface area contributed by atoms with Gasteiger partial charge >= 0.3 is 5.97 Å². The Morgan fingerprint density at radius 1 is 1.33 bits per heavy atom. The van der Waals surface area contributed by atoms with E-state index in [9.17, 15) is 22.9 Å². The zero-order chi connectivity index (χ0) is 13.6. The second-order valence-corrected chi connectivity index (χ2v) is 3.65.